The average Bonchev–Trinajstić information content (AvgIpc) is 2.84. The Hall–Kier alpha value is -2.14. The molecule has 24 heavy (non-hydrogen) atoms. The highest BCUT2D eigenvalue weighted by Gasteiger charge is 2.27. The molecule has 0 radical (unpaired) electrons. The van der Waals surface area contributed by atoms with Gasteiger partial charge in [0.15, 0.2) is 0 Å². The van der Waals surface area contributed by atoms with Crippen LogP contribution in [-0.4, -0.2) is 22.5 Å². The fraction of sp³-hybridized carbons (Fsp3) is 0.333. The summed E-state index contributed by atoms with van der Waals surface area (Å²) < 4.78 is 14.0. The molecule has 0 saturated carbocycles. The van der Waals surface area contributed by atoms with Gasteiger partial charge in [0, 0.05) is 24.0 Å². The van der Waals surface area contributed by atoms with E-state index in [-0.39, 0.29) is 17.8 Å². The molecule has 0 spiro atoms. The van der Waals surface area contributed by atoms with Gasteiger partial charge < -0.3 is 10.2 Å². The average molecular weight is 348 g/mol. The van der Waals surface area contributed by atoms with Gasteiger partial charge >= 0.3 is 6.03 Å². The van der Waals surface area contributed by atoms with Crippen LogP contribution in [0.2, 0.25) is 5.02 Å². The van der Waals surface area contributed by atoms with Crippen molar-refractivity contribution in [2.24, 2.45) is 0 Å². The van der Waals surface area contributed by atoms with Gasteiger partial charge in [0.1, 0.15) is 5.82 Å². The quantitative estimate of drug-likeness (QED) is 0.828. The number of amides is 2. The number of nitrogens with zero attached hydrogens (tertiary/aromatic N) is 2. The smallest absolute Gasteiger partial charge is 0.317 e. The fourth-order valence-corrected chi connectivity index (χ4v) is 3.22. The lowest BCUT2D eigenvalue weighted by atomic mass is 10.0. The van der Waals surface area contributed by atoms with E-state index >= 15 is 0 Å². The van der Waals surface area contributed by atoms with Crippen molar-refractivity contribution in [2.45, 2.75) is 31.7 Å². The van der Waals surface area contributed by atoms with Crippen LogP contribution in [0.25, 0.3) is 0 Å². The second-order valence-electron chi connectivity index (χ2n) is 5.89. The third-order valence-corrected chi connectivity index (χ3v) is 4.51. The topological polar surface area (TPSA) is 45.2 Å². The van der Waals surface area contributed by atoms with Crippen molar-refractivity contribution in [3.8, 4) is 0 Å². The molecule has 1 fully saturated rings. The molecule has 2 amide bonds. The van der Waals surface area contributed by atoms with Crippen molar-refractivity contribution in [1.82, 2.24) is 9.88 Å². The molecule has 1 N–H and O–H groups in total. The zero-order valence-electron chi connectivity index (χ0n) is 13.2. The van der Waals surface area contributed by atoms with Crippen molar-refractivity contribution in [2.75, 3.05) is 11.9 Å². The Morgan fingerprint density at radius 1 is 1.21 bits per heavy atom. The summed E-state index contributed by atoms with van der Waals surface area (Å²) in [4.78, 5) is 18.6. The summed E-state index contributed by atoms with van der Waals surface area (Å²) in [6, 6.07) is 7.78. The number of carbonyl (C=O) groups is 1. The number of likely N-dealkylation sites (tertiary alicyclic amines) is 1. The number of carbonyl (C=O) groups excluding carboxylic acids is 1. The molecule has 1 aromatic heterocycles. The van der Waals surface area contributed by atoms with Crippen LogP contribution in [0.3, 0.4) is 0 Å². The van der Waals surface area contributed by atoms with Crippen LogP contribution in [0.4, 0.5) is 14.9 Å². The molecule has 1 aliphatic rings. The summed E-state index contributed by atoms with van der Waals surface area (Å²) in [6.45, 7) is 0.647. The monoisotopic (exact) mass is 347 g/mol. The third-order valence-electron chi connectivity index (χ3n) is 4.28. The molecule has 6 heteroatoms. The number of hydrogen-bond donors (Lipinski definition) is 1. The maximum atomic E-state index is 14.0. The van der Waals surface area contributed by atoms with Crippen molar-refractivity contribution in [1.29, 1.82) is 0 Å². The lowest BCUT2D eigenvalue weighted by molar-refractivity contribution is 0.189. The van der Waals surface area contributed by atoms with Crippen LogP contribution in [-0.2, 0) is 0 Å². The predicted octanol–water partition coefficient (Wildman–Crippen LogP) is 5.02. The summed E-state index contributed by atoms with van der Waals surface area (Å²) in [5.74, 6) is -0.536. The van der Waals surface area contributed by atoms with Gasteiger partial charge in [-0.15, -0.1) is 0 Å². The molecule has 1 aliphatic heterocycles. The highest BCUT2D eigenvalue weighted by atomic mass is 35.5. The first-order valence-corrected chi connectivity index (χ1v) is 8.45. The maximum Gasteiger partial charge on any atom is 0.322 e. The van der Waals surface area contributed by atoms with Crippen molar-refractivity contribution >= 4 is 23.3 Å². The van der Waals surface area contributed by atoms with Gasteiger partial charge in [-0.1, -0.05) is 24.4 Å². The normalized spacial score (nSPS) is 18.1. The molecular formula is C18H19ClFN3O. The first-order valence-electron chi connectivity index (χ1n) is 8.08. The molecule has 2 aromatic rings. The molecule has 1 saturated heterocycles. The fourth-order valence-electron chi connectivity index (χ4n) is 3.06. The van der Waals surface area contributed by atoms with E-state index in [1.807, 2.05) is 12.1 Å². The van der Waals surface area contributed by atoms with Crippen molar-refractivity contribution < 1.29 is 9.18 Å². The number of halogens is 2. The first kappa shape index (κ1) is 16.7. The van der Waals surface area contributed by atoms with Crippen molar-refractivity contribution in [3.05, 3.63) is 59.1 Å². The Balaban J connectivity index is 1.82. The summed E-state index contributed by atoms with van der Waals surface area (Å²) in [5, 5.41) is 2.97. The number of hydrogen-bond acceptors (Lipinski definition) is 2. The van der Waals surface area contributed by atoms with Crippen LogP contribution in [0.1, 0.15) is 37.3 Å². The second kappa shape index (κ2) is 7.62. The summed E-state index contributed by atoms with van der Waals surface area (Å²) in [7, 11) is 0. The molecule has 1 unspecified atom stereocenters. The highest BCUT2D eigenvalue weighted by molar-refractivity contribution is 6.30. The molecule has 1 aromatic carbocycles. The standard InChI is InChI=1S/C18H19ClFN3O/c19-14-5-6-16(15(20)12-14)22-18(24)23-11-3-1-2-4-17(23)13-7-9-21-10-8-13/h5-10,12,17H,1-4,11H2,(H,22,24). The van der Waals surface area contributed by atoms with Crippen LogP contribution in [0, 0.1) is 5.82 Å². The zero-order valence-corrected chi connectivity index (χ0v) is 14.0. The first-order chi connectivity index (χ1) is 11.6. The molecule has 0 bridgehead atoms. The van der Waals surface area contributed by atoms with Gasteiger partial charge in [0.05, 0.1) is 11.7 Å². The lowest BCUT2D eigenvalue weighted by Crippen LogP contribution is -2.38. The van der Waals surface area contributed by atoms with Crippen LogP contribution >= 0.6 is 11.6 Å². The summed E-state index contributed by atoms with van der Waals surface area (Å²) >= 11 is 5.76. The summed E-state index contributed by atoms with van der Waals surface area (Å²) in [5.41, 5.74) is 1.20. The van der Waals surface area contributed by atoms with Gasteiger partial charge in [-0.3, -0.25) is 4.98 Å². The minimum atomic E-state index is -0.536. The number of rotatable bonds is 2. The largest absolute Gasteiger partial charge is 0.322 e. The SMILES string of the molecule is O=C(Nc1ccc(Cl)cc1F)N1CCCCCC1c1ccncc1. The van der Waals surface area contributed by atoms with Gasteiger partial charge in [0.25, 0.3) is 0 Å². The Morgan fingerprint density at radius 2 is 2.00 bits per heavy atom. The van der Waals surface area contributed by atoms with E-state index in [1.54, 1.807) is 23.4 Å². The van der Waals surface area contributed by atoms with Gasteiger partial charge in [-0.2, -0.15) is 0 Å². The Morgan fingerprint density at radius 3 is 2.75 bits per heavy atom. The Kier molecular flexibility index (Phi) is 5.30. The molecule has 4 nitrogen and oxygen atoms in total. The third kappa shape index (κ3) is 3.85. The number of nitrogens with one attached hydrogen (secondary N) is 1. The van der Waals surface area contributed by atoms with E-state index in [9.17, 15) is 9.18 Å². The van der Waals surface area contributed by atoms with Gasteiger partial charge in [-0.25, -0.2) is 9.18 Å². The Bertz CT molecular complexity index is 711. The number of urea groups is 1. The van der Waals surface area contributed by atoms with E-state index in [0.29, 0.717) is 11.6 Å². The van der Waals surface area contributed by atoms with Crippen LogP contribution in [0.15, 0.2) is 42.7 Å². The number of aromatic nitrogens is 1. The van der Waals surface area contributed by atoms with E-state index in [0.717, 1.165) is 31.2 Å². The molecular weight excluding hydrogens is 329 g/mol. The van der Waals surface area contributed by atoms with Crippen LogP contribution in [0.5, 0.6) is 0 Å². The van der Waals surface area contributed by atoms with E-state index in [4.69, 9.17) is 11.6 Å². The maximum absolute atomic E-state index is 14.0. The predicted molar refractivity (Wildman–Crippen MR) is 92.6 cm³/mol. The highest BCUT2D eigenvalue weighted by Crippen LogP contribution is 2.30. The molecule has 1 atom stereocenters. The molecule has 0 aliphatic carbocycles. The minimum Gasteiger partial charge on any atom is -0.317 e. The minimum absolute atomic E-state index is 0.0224. The van der Waals surface area contributed by atoms with E-state index in [2.05, 4.69) is 10.3 Å². The number of anilines is 1. The van der Waals surface area contributed by atoms with Crippen LogP contribution < -0.4 is 5.32 Å². The lowest BCUT2D eigenvalue weighted by Gasteiger charge is -2.30. The van der Waals surface area contributed by atoms with E-state index < -0.39 is 5.82 Å². The molecule has 3 rings (SSSR count). The number of benzene rings is 1. The van der Waals surface area contributed by atoms with Gasteiger partial charge in [0.2, 0.25) is 0 Å². The Labute approximate surface area is 145 Å². The molecule has 126 valence electrons. The van der Waals surface area contributed by atoms with E-state index in [1.165, 1.54) is 12.1 Å². The second-order valence-corrected chi connectivity index (χ2v) is 6.33. The zero-order chi connectivity index (χ0) is 16.9. The number of pyridine rings is 1. The van der Waals surface area contributed by atoms with Crippen molar-refractivity contribution in [3.63, 3.8) is 0 Å². The molecule has 2 heterocycles. The summed E-state index contributed by atoms with van der Waals surface area (Å²) in [6.07, 6.45) is 7.44. The van der Waals surface area contributed by atoms with Gasteiger partial charge in [-0.05, 0) is 48.7 Å².